The number of benzene rings is 1. The van der Waals surface area contributed by atoms with Crippen LogP contribution in [0.3, 0.4) is 0 Å². The minimum atomic E-state index is -0.438. The van der Waals surface area contributed by atoms with E-state index in [2.05, 4.69) is 38.3 Å². The number of hydrogen-bond donors (Lipinski definition) is 2. The minimum absolute atomic E-state index is 0.0716. The van der Waals surface area contributed by atoms with Gasteiger partial charge in [0.25, 0.3) is 0 Å². The van der Waals surface area contributed by atoms with Crippen molar-refractivity contribution in [3.8, 4) is 0 Å². The second kappa shape index (κ2) is 5.71. The highest BCUT2D eigenvalue weighted by atomic mass is 79.9. The molecule has 1 amide bonds. The van der Waals surface area contributed by atoms with E-state index in [1.165, 1.54) is 5.69 Å². The minimum Gasteiger partial charge on any atom is -0.369 e. The van der Waals surface area contributed by atoms with Gasteiger partial charge in [0, 0.05) is 29.3 Å². The van der Waals surface area contributed by atoms with Gasteiger partial charge in [-0.05, 0) is 37.6 Å². The predicted molar refractivity (Wildman–Crippen MR) is 76.6 cm³/mol. The third kappa shape index (κ3) is 3.23. The lowest BCUT2D eigenvalue weighted by atomic mass is 10.2. The topological polar surface area (TPSA) is 58.4 Å². The lowest BCUT2D eigenvalue weighted by Crippen LogP contribution is -2.44. The number of anilines is 1. The number of nitrogens with one attached hydrogen (secondary N) is 1. The zero-order valence-corrected chi connectivity index (χ0v) is 12.0. The smallest absolute Gasteiger partial charge is 0.236 e. The van der Waals surface area contributed by atoms with Gasteiger partial charge in [-0.3, -0.25) is 4.79 Å². The summed E-state index contributed by atoms with van der Waals surface area (Å²) in [7, 11) is 0. The van der Waals surface area contributed by atoms with E-state index in [1.54, 1.807) is 6.92 Å². The molecule has 1 aliphatic heterocycles. The monoisotopic (exact) mass is 311 g/mol. The first-order chi connectivity index (χ1) is 8.56. The molecule has 1 fully saturated rings. The van der Waals surface area contributed by atoms with Gasteiger partial charge < -0.3 is 16.0 Å². The zero-order chi connectivity index (χ0) is 13.1. The Hall–Kier alpha value is -1.07. The first kappa shape index (κ1) is 13.4. The normalized spacial score (nSPS) is 20.8. The fourth-order valence-corrected chi connectivity index (χ4v) is 2.36. The van der Waals surface area contributed by atoms with Crippen molar-refractivity contribution in [2.24, 2.45) is 5.73 Å². The molecule has 1 aliphatic rings. The molecule has 1 heterocycles. The number of halogens is 1. The molecule has 0 radical (unpaired) electrons. The first-order valence-corrected chi connectivity index (χ1v) is 6.92. The van der Waals surface area contributed by atoms with Crippen molar-refractivity contribution in [3.05, 3.63) is 28.7 Å². The summed E-state index contributed by atoms with van der Waals surface area (Å²) < 4.78 is 1.08. The number of rotatable bonds is 3. The molecule has 0 saturated carbocycles. The highest BCUT2D eigenvalue weighted by Crippen LogP contribution is 2.22. The second-order valence-electron chi connectivity index (χ2n) is 4.71. The van der Waals surface area contributed by atoms with Crippen LogP contribution in [0.15, 0.2) is 28.7 Å². The van der Waals surface area contributed by atoms with E-state index in [0.29, 0.717) is 0 Å². The van der Waals surface area contributed by atoms with Gasteiger partial charge in [-0.15, -0.1) is 0 Å². The predicted octanol–water partition coefficient (Wildman–Crippen LogP) is 1.49. The highest BCUT2D eigenvalue weighted by Gasteiger charge is 2.24. The Morgan fingerprint density at radius 2 is 2.17 bits per heavy atom. The Balaban J connectivity index is 1.92. The molecule has 98 valence electrons. The van der Waals surface area contributed by atoms with E-state index in [4.69, 9.17) is 5.73 Å². The van der Waals surface area contributed by atoms with Crippen LogP contribution in [0, 0.1) is 0 Å². The van der Waals surface area contributed by atoms with Crippen molar-refractivity contribution in [2.75, 3.05) is 18.0 Å². The Bertz CT molecular complexity index is 419. The maximum Gasteiger partial charge on any atom is 0.236 e. The quantitative estimate of drug-likeness (QED) is 0.889. The van der Waals surface area contributed by atoms with Crippen LogP contribution in [0.4, 0.5) is 5.69 Å². The number of amides is 1. The van der Waals surface area contributed by atoms with Crippen LogP contribution in [0.2, 0.25) is 0 Å². The van der Waals surface area contributed by atoms with Crippen LogP contribution in [0.5, 0.6) is 0 Å². The molecule has 2 unspecified atom stereocenters. The molecule has 2 rings (SSSR count). The van der Waals surface area contributed by atoms with Crippen LogP contribution in [-0.4, -0.2) is 31.1 Å². The van der Waals surface area contributed by atoms with E-state index in [1.807, 2.05) is 12.1 Å². The van der Waals surface area contributed by atoms with Crippen molar-refractivity contribution in [1.82, 2.24) is 5.32 Å². The van der Waals surface area contributed by atoms with Crippen molar-refractivity contribution >= 4 is 27.5 Å². The highest BCUT2D eigenvalue weighted by molar-refractivity contribution is 9.10. The summed E-state index contributed by atoms with van der Waals surface area (Å²) in [5.74, 6) is -0.0716. The van der Waals surface area contributed by atoms with Gasteiger partial charge in [-0.1, -0.05) is 15.9 Å². The van der Waals surface area contributed by atoms with Gasteiger partial charge in [0.15, 0.2) is 0 Å². The maximum absolute atomic E-state index is 11.5. The Morgan fingerprint density at radius 3 is 2.78 bits per heavy atom. The van der Waals surface area contributed by atoms with Gasteiger partial charge in [-0.25, -0.2) is 0 Å². The summed E-state index contributed by atoms with van der Waals surface area (Å²) in [6, 6.07) is 7.99. The summed E-state index contributed by atoms with van der Waals surface area (Å²) in [4.78, 5) is 13.8. The number of carbonyl (C=O) groups is 1. The van der Waals surface area contributed by atoms with Crippen molar-refractivity contribution in [2.45, 2.75) is 25.4 Å². The largest absolute Gasteiger partial charge is 0.369 e. The first-order valence-electron chi connectivity index (χ1n) is 6.13. The fraction of sp³-hybridized carbons (Fsp3) is 0.462. The number of hydrogen-bond acceptors (Lipinski definition) is 3. The van der Waals surface area contributed by atoms with E-state index in [0.717, 1.165) is 24.0 Å². The molecule has 0 aromatic heterocycles. The van der Waals surface area contributed by atoms with E-state index in [-0.39, 0.29) is 11.9 Å². The Morgan fingerprint density at radius 1 is 1.50 bits per heavy atom. The van der Waals surface area contributed by atoms with E-state index >= 15 is 0 Å². The van der Waals surface area contributed by atoms with Crippen LogP contribution in [0.25, 0.3) is 0 Å². The Kier molecular flexibility index (Phi) is 4.24. The standard InChI is InChI=1S/C13H18BrN3O/c1-9(15)13(18)16-11-6-7-17(8-11)12-4-2-10(14)3-5-12/h2-5,9,11H,6-8,15H2,1H3,(H,16,18). The van der Waals surface area contributed by atoms with E-state index < -0.39 is 6.04 Å². The second-order valence-corrected chi connectivity index (χ2v) is 5.62. The molecule has 5 heteroatoms. The Labute approximate surface area is 116 Å². The summed E-state index contributed by atoms with van der Waals surface area (Å²) >= 11 is 3.43. The van der Waals surface area contributed by atoms with Crippen LogP contribution in [0.1, 0.15) is 13.3 Å². The maximum atomic E-state index is 11.5. The number of carbonyl (C=O) groups excluding carboxylic acids is 1. The van der Waals surface area contributed by atoms with Gasteiger partial charge in [0.2, 0.25) is 5.91 Å². The molecule has 0 spiro atoms. The third-order valence-electron chi connectivity index (χ3n) is 3.14. The average molecular weight is 312 g/mol. The molecular formula is C13H18BrN3O. The molecule has 0 bridgehead atoms. The number of nitrogens with zero attached hydrogens (tertiary/aromatic N) is 1. The van der Waals surface area contributed by atoms with Gasteiger partial charge in [0.1, 0.15) is 0 Å². The lowest BCUT2D eigenvalue weighted by Gasteiger charge is -2.19. The summed E-state index contributed by atoms with van der Waals surface area (Å²) in [6.07, 6.45) is 0.967. The molecular weight excluding hydrogens is 294 g/mol. The molecule has 3 N–H and O–H groups in total. The average Bonchev–Trinajstić information content (AvgIpc) is 2.78. The van der Waals surface area contributed by atoms with Gasteiger partial charge >= 0.3 is 0 Å². The molecule has 4 nitrogen and oxygen atoms in total. The number of nitrogens with two attached hydrogens (primary N) is 1. The lowest BCUT2D eigenvalue weighted by molar-refractivity contribution is -0.122. The zero-order valence-electron chi connectivity index (χ0n) is 10.4. The molecule has 1 aromatic rings. The van der Waals surface area contributed by atoms with Crippen LogP contribution in [-0.2, 0) is 4.79 Å². The summed E-state index contributed by atoms with van der Waals surface area (Å²) in [6.45, 7) is 3.52. The van der Waals surface area contributed by atoms with Gasteiger partial charge in [-0.2, -0.15) is 0 Å². The summed E-state index contributed by atoms with van der Waals surface area (Å²) in [5, 5.41) is 2.97. The third-order valence-corrected chi connectivity index (χ3v) is 3.67. The van der Waals surface area contributed by atoms with E-state index in [9.17, 15) is 4.79 Å². The molecule has 18 heavy (non-hydrogen) atoms. The van der Waals surface area contributed by atoms with Gasteiger partial charge in [0.05, 0.1) is 6.04 Å². The van der Waals surface area contributed by atoms with Crippen LogP contribution >= 0.6 is 15.9 Å². The summed E-state index contributed by atoms with van der Waals surface area (Å²) in [5.41, 5.74) is 6.74. The van der Waals surface area contributed by atoms with Crippen molar-refractivity contribution in [3.63, 3.8) is 0 Å². The molecule has 1 saturated heterocycles. The SMILES string of the molecule is CC(N)C(=O)NC1CCN(c2ccc(Br)cc2)C1. The van der Waals surface area contributed by atoms with Crippen LogP contribution < -0.4 is 16.0 Å². The van der Waals surface area contributed by atoms with Crippen molar-refractivity contribution in [1.29, 1.82) is 0 Å². The molecule has 1 aromatic carbocycles. The fourth-order valence-electron chi connectivity index (χ4n) is 2.10. The molecule has 2 atom stereocenters. The van der Waals surface area contributed by atoms with Crippen molar-refractivity contribution < 1.29 is 4.79 Å². The molecule has 0 aliphatic carbocycles.